The molecule has 1 atom stereocenters. The van der Waals surface area contributed by atoms with E-state index in [2.05, 4.69) is 34.3 Å². The summed E-state index contributed by atoms with van der Waals surface area (Å²) >= 11 is 0. The molecule has 0 spiro atoms. The first kappa shape index (κ1) is 13.1. The Morgan fingerprint density at radius 1 is 1.45 bits per heavy atom. The van der Waals surface area contributed by atoms with Crippen molar-refractivity contribution in [3.8, 4) is 0 Å². The zero-order valence-corrected chi connectivity index (χ0v) is 11.7. The van der Waals surface area contributed by atoms with E-state index in [9.17, 15) is 9.90 Å². The minimum absolute atomic E-state index is 0.669. The van der Waals surface area contributed by atoms with Gasteiger partial charge in [-0.05, 0) is 37.2 Å². The molecule has 20 heavy (non-hydrogen) atoms. The number of nitrogens with one attached hydrogen (secondary N) is 2. The van der Waals surface area contributed by atoms with Crippen LogP contribution in [0.1, 0.15) is 29.7 Å². The van der Waals surface area contributed by atoms with E-state index in [1.54, 1.807) is 7.05 Å². The van der Waals surface area contributed by atoms with Crippen molar-refractivity contribution < 1.29 is 9.90 Å². The van der Waals surface area contributed by atoms with Crippen LogP contribution >= 0.6 is 0 Å². The number of aromatic nitrogens is 1. The second-order valence-electron chi connectivity index (χ2n) is 5.17. The topological polar surface area (TPSA) is 66.3 Å². The maximum absolute atomic E-state index is 11.4. The Hall–Kier alpha value is -1.85. The molecule has 0 aliphatic carbocycles. The van der Waals surface area contributed by atoms with Gasteiger partial charge in [0.1, 0.15) is 6.04 Å². The van der Waals surface area contributed by atoms with Gasteiger partial charge in [0.2, 0.25) is 0 Å². The van der Waals surface area contributed by atoms with Crippen LogP contribution < -0.4 is 10.6 Å². The smallest absolute Gasteiger partial charge is 0.325 e. The molecule has 0 amide bonds. The first-order valence-electron chi connectivity index (χ1n) is 6.91. The lowest BCUT2D eigenvalue weighted by Gasteiger charge is -2.10. The lowest BCUT2D eigenvalue weighted by molar-refractivity contribution is -0.139. The normalized spacial score (nSPS) is 15.5. The van der Waals surface area contributed by atoms with Crippen molar-refractivity contribution in [2.24, 2.45) is 0 Å². The summed E-state index contributed by atoms with van der Waals surface area (Å²) in [6.45, 7) is 4.66. The summed E-state index contributed by atoms with van der Waals surface area (Å²) in [6.07, 6.45) is 1.96. The molecule has 0 fully saturated rings. The number of benzene rings is 1. The highest BCUT2D eigenvalue weighted by Gasteiger charge is 2.24. The second kappa shape index (κ2) is 4.92. The van der Waals surface area contributed by atoms with Crippen molar-refractivity contribution in [1.29, 1.82) is 0 Å². The van der Waals surface area contributed by atoms with Gasteiger partial charge in [-0.25, -0.2) is 0 Å². The van der Waals surface area contributed by atoms with E-state index in [1.165, 1.54) is 11.1 Å². The van der Waals surface area contributed by atoms with E-state index in [1.807, 2.05) is 6.20 Å². The Labute approximate surface area is 117 Å². The number of carboxylic acids is 1. The monoisotopic (exact) mass is 273 g/mol. The van der Waals surface area contributed by atoms with Crippen LogP contribution in [0, 0.1) is 0 Å². The van der Waals surface area contributed by atoms with Gasteiger partial charge in [-0.2, -0.15) is 0 Å². The summed E-state index contributed by atoms with van der Waals surface area (Å²) < 4.78 is 2.12. The molecule has 5 nitrogen and oxygen atoms in total. The summed E-state index contributed by atoms with van der Waals surface area (Å²) in [5.41, 5.74) is 4.54. The van der Waals surface area contributed by atoms with Gasteiger partial charge in [0, 0.05) is 42.3 Å². The van der Waals surface area contributed by atoms with Gasteiger partial charge in [-0.3, -0.25) is 4.79 Å². The molecule has 0 saturated carbocycles. The average molecular weight is 273 g/mol. The summed E-state index contributed by atoms with van der Waals surface area (Å²) in [7, 11) is 1.68. The van der Waals surface area contributed by atoms with Gasteiger partial charge in [-0.1, -0.05) is 0 Å². The number of aryl methyl sites for hydroxylation is 1. The third-order valence-electron chi connectivity index (χ3n) is 4.05. The Kier molecular flexibility index (Phi) is 3.23. The summed E-state index contributed by atoms with van der Waals surface area (Å²) in [5.74, 6) is -0.846. The quantitative estimate of drug-likeness (QED) is 0.792. The van der Waals surface area contributed by atoms with Crippen molar-refractivity contribution in [2.75, 3.05) is 7.05 Å². The molecule has 106 valence electrons. The third kappa shape index (κ3) is 1.90. The molecule has 0 saturated heterocycles. The summed E-state index contributed by atoms with van der Waals surface area (Å²) in [4.78, 5) is 11.4. The molecular weight excluding hydrogens is 254 g/mol. The number of hydrogen-bond donors (Lipinski definition) is 3. The van der Waals surface area contributed by atoms with Crippen LogP contribution in [0.25, 0.3) is 10.9 Å². The first-order valence-corrected chi connectivity index (χ1v) is 6.91. The predicted molar refractivity (Wildman–Crippen MR) is 77.6 cm³/mol. The van der Waals surface area contributed by atoms with Crippen LogP contribution in [-0.2, 0) is 24.4 Å². The highest BCUT2D eigenvalue weighted by Crippen LogP contribution is 2.31. The van der Waals surface area contributed by atoms with Crippen LogP contribution in [0.4, 0.5) is 0 Å². The lowest BCUT2D eigenvalue weighted by Crippen LogP contribution is -2.24. The molecule has 1 aliphatic heterocycles. The van der Waals surface area contributed by atoms with Crippen LogP contribution in [0.2, 0.25) is 0 Å². The largest absolute Gasteiger partial charge is 0.480 e. The Morgan fingerprint density at radius 3 is 2.75 bits per heavy atom. The van der Waals surface area contributed by atoms with E-state index in [0.29, 0.717) is 0 Å². The van der Waals surface area contributed by atoms with E-state index >= 15 is 0 Å². The van der Waals surface area contributed by atoms with Gasteiger partial charge >= 0.3 is 5.97 Å². The summed E-state index contributed by atoms with van der Waals surface area (Å²) in [5, 5.41) is 16.6. The fourth-order valence-electron chi connectivity index (χ4n) is 3.02. The number of carboxylic acid groups (broad SMARTS) is 1. The molecule has 2 aromatic rings. The molecule has 1 aromatic heterocycles. The number of fused-ring (bicyclic) bond motifs is 2. The minimum Gasteiger partial charge on any atom is -0.480 e. The van der Waals surface area contributed by atoms with E-state index in [0.717, 1.165) is 36.1 Å². The van der Waals surface area contributed by atoms with Gasteiger partial charge < -0.3 is 20.3 Å². The average Bonchev–Trinajstić information content (AvgIpc) is 3.01. The highest BCUT2D eigenvalue weighted by atomic mass is 16.4. The van der Waals surface area contributed by atoms with Crippen molar-refractivity contribution in [2.45, 2.75) is 32.6 Å². The first-order chi connectivity index (χ1) is 9.65. The van der Waals surface area contributed by atoms with Crippen LogP contribution in [0.5, 0.6) is 0 Å². The molecule has 1 unspecified atom stereocenters. The van der Waals surface area contributed by atoms with Crippen molar-refractivity contribution in [1.82, 2.24) is 15.2 Å². The van der Waals surface area contributed by atoms with Crippen LogP contribution in [0.3, 0.4) is 0 Å². The fraction of sp³-hybridized carbons (Fsp3) is 0.400. The Balaban J connectivity index is 2.24. The lowest BCUT2D eigenvalue weighted by atomic mass is 10.0. The standard InChI is InChI=1S/C15H19N3O2/c1-3-18-8-12(14(16-2)15(19)20)11-4-9-6-17-7-10(9)5-13(11)18/h4-5,8,14,16-17H,3,6-7H2,1-2H3,(H,19,20). The van der Waals surface area contributed by atoms with E-state index in [4.69, 9.17) is 0 Å². The van der Waals surface area contributed by atoms with Gasteiger partial charge in [0.15, 0.2) is 0 Å². The van der Waals surface area contributed by atoms with Gasteiger partial charge in [0.25, 0.3) is 0 Å². The maximum Gasteiger partial charge on any atom is 0.325 e. The van der Waals surface area contributed by atoms with E-state index < -0.39 is 12.0 Å². The Bertz CT molecular complexity index is 675. The van der Waals surface area contributed by atoms with Crippen molar-refractivity contribution >= 4 is 16.9 Å². The molecule has 1 aromatic carbocycles. The number of rotatable bonds is 4. The number of carbonyl (C=O) groups is 1. The minimum atomic E-state index is -0.846. The number of nitrogens with zero attached hydrogens (tertiary/aromatic N) is 1. The third-order valence-corrected chi connectivity index (χ3v) is 4.05. The molecule has 0 radical (unpaired) electrons. The highest BCUT2D eigenvalue weighted by molar-refractivity contribution is 5.90. The molecule has 0 bridgehead atoms. The number of hydrogen-bond acceptors (Lipinski definition) is 3. The van der Waals surface area contributed by atoms with Crippen LogP contribution in [-0.4, -0.2) is 22.7 Å². The fourth-order valence-corrected chi connectivity index (χ4v) is 3.02. The zero-order chi connectivity index (χ0) is 14.3. The molecule has 1 aliphatic rings. The van der Waals surface area contributed by atoms with Crippen molar-refractivity contribution in [3.63, 3.8) is 0 Å². The molecule has 2 heterocycles. The van der Waals surface area contributed by atoms with Crippen LogP contribution in [0.15, 0.2) is 18.3 Å². The predicted octanol–water partition coefficient (Wildman–Crippen LogP) is 1.61. The Morgan fingerprint density at radius 2 is 2.15 bits per heavy atom. The number of likely N-dealkylation sites (N-methyl/N-ethyl adjacent to an activating group) is 1. The van der Waals surface area contributed by atoms with Gasteiger partial charge in [-0.15, -0.1) is 0 Å². The molecular formula is C15H19N3O2. The molecule has 3 N–H and O–H groups in total. The molecule has 3 rings (SSSR count). The van der Waals surface area contributed by atoms with Crippen molar-refractivity contribution in [3.05, 3.63) is 35.0 Å². The summed E-state index contributed by atoms with van der Waals surface area (Å²) in [6, 6.07) is 3.66. The van der Waals surface area contributed by atoms with E-state index in [-0.39, 0.29) is 0 Å². The SMILES string of the molecule is CCn1cc(C(NC)C(=O)O)c2cc3c(cc21)CNC3. The second-order valence-corrected chi connectivity index (χ2v) is 5.17. The molecule has 5 heteroatoms. The number of aliphatic carboxylic acids is 1. The van der Waals surface area contributed by atoms with Gasteiger partial charge in [0.05, 0.1) is 0 Å². The maximum atomic E-state index is 11.4. The zero-order valence-electron chi connectivity index (χ0n) is 11.7.